The Bertz CT molecular complexity index is 774. The number of rotatable bonds is 5. The molecule has 1 aromatic carbocycles. The van der Waals surface area contributed by atoms with E-state index in [1.54, 1.807) is 7.11 Å². The van der Waals surface area contributed by atoms with E-state index in [-0.39, 0.29) is 24.0 Å². The van der Waals surface area contributed by atoms with Gasteiger partial charge in [-0.15, -0.1) is 0 Å². The zero-order valence-corrected chi connectivity index (χ0v) is 18.0. The van der Waals surface area contributed by atoms with Crippen LogP contribution in [-0.2, 0) is 16.0 Å². The third-order valence-electron chi connectivity index (χ3n) is 7.31. The van der Waals surface area contributed by atoms with Gasteiger partial charge in [0.2, 0.25) is 11.8 Å². The van der Waals surface area contributed by atoms with E-state index in [1.165, 1.54) is 0 Å². The highest BCUT2D eigenvalue weighted by molar-refractivity contribution is 5.93. The molecule has 0 aromatic heterocycles. The van der Waals surface area contributed by atoms with Crippen LogP contribution in [0.1, 0.15) is 63.4 Å². The number of methoxy groups -OCH3 is 1. The van der Waals surface area contributed by atoms with Gasteiger partial charge in [-0.3, -0.25) is 9.59 Å². The lowest BCUT2D eigenvalue weighted by molar-refractivity contribution is -0.158. The molecule has 1 spiro atoms. The summed E-state index contributed by atoms with van der Waals surface area (Å²) in [6, 6.07) is 8.05. The van der Waals surface area contributed by atoms with E-state index in [9.17, 15) is 14.7 Å². The molecule has 164 valence electrons. The first kappa shape index (κ1) is 21.2. The third kappa shape index (κ3) is 4.07. The second-order valence-electron chi connectivity index (χ2n) is 9.10. The van der Waals surface area contributed by atoms with Gasteiger partial charge in [0.25, 0.3) is 0 Å². The van der Waals surface area contributed by atoms with Gasteiger partial charge in [0.15, 0.2) is 0 Å². The van der Waals surface area contributed by atoms with Crippen LogP contribution in [-0.4, -0.2) is 64.6 Å². The highest BCUT2D eigenvalue weighted by Crippen LogP contribution is 2.40. The number of ether oxygens (including phenoxy) is 1. The monoisotopic (exact) mass is 414 g/mol. The van der Waals surface area contributed by atoms with Crippen LogP contribution >= 0.6 is 0 Å². The van der Waals surface area contributed by atoms with Gasteiger partial charge in [0, 0.05) is 25.6 Å². The quantitative estimate of drug-likeness (QED) is 0.804. The molecule has 1 aromatic rings. The molecule has 1 atom stereocenters. The summed E-state index contributed by atoms with van der Waals surface area (Å²) in [5, 5.41) is 9.83. The van der Waals surface area contributed by atoms with Crippen molar-refractivity contribution in [2.45, 2.75) is 81.9 Å². The molecule has 3 fully saturated rings. The van der Waals surface area contributed by atoms with E-state index in [4.69, 9.17) is 4.74 Å². The molecule has 2 heterocycles. The normalized spacial score (nSPS) is 29.5. The van der Waals surface area contributed by atoms with Gasteiger partial charge in [0.1, 0.15) is 11.3 Å². The number of nitrogens with zero attached hydrogens (tertiary/aromatic N) is 2. The number of carbonyl (C=O) groups excluding carboxylic acids is 2. The van der Waals surface area contributed by atoms with Crippen LogP contribution in [0, 0.1) is 0 Å². The average Bonchev–Trinajstić information content (AvgIpc) is 3.19. The number of piperidine rings is 1. The van der Waals surface area contributed by atoms with Gasteiger partial charge in [-0.05, 0) is 75.5 Å². The first-order valence-corrected chi connectivity index (χ1v) is 11.5. The number of carbonyl (C=O) groups is 2. The van der Waals surface area contributed by atoms with Gasteiger partial charge in [-0.2, -0.15) is 0 Å². The van der Waals surface area contributed by atoms with Crippen molar-refractivity contribution in [3.8, 4) is 5.75 Å². The third-order valence-corrected chi connectivity index (χ3v) is 7.31. The standard InChI is InChI=1S/C24H34N2O4/c1-30-21-6-2-5-18(17-21)7-12-22(28)26-16-4-14-24(26)13-3-15-25(23(24)29)19-8-10-20(27)11-9-19/h2,5-6,17,19-20,27H,3-4,7-16H2,1H3. The van der Waals surface area contributed by atoms with Crippen molar-refractivity contribution in [3.63, 3.8) is 0 Å². The highest BCUT2D eigenvalue weighted by atomic mass is 16.5. The fourth-order valence-electron chi connectivity index (χ4n) is 5.67. The minimum absolute atomic E-state index is 0.0876. The number of amides is 2. The van der Waals surface area contributed by atoms with Crippen LogP contribution in [0.4, 0.5) is 0 Å². The Morgan fingerprint density at radius 3 is 2.63 bits per heavy atom. The molecule has 1 saturated carbocycles. The lowest BCUT2D eigenvalue weighted by Gasteiger charge is -2.48. The summed E-state index contributed by atoms with van der Waals surface area (Å²) in [4.78, 5) is 30.8. The molecular formula is C24H34N2O4. The van der Waals surface area contributed by atoms with E-state index >= 15 is 0 Å². The number of aliphatic hydroxyl groups excluding tert-OH is 1. The fraction of sp³-hybridized carbons (Fsp3) is 0.667. The SMILES string of the molecule is COc1cccc(CCC(=O)N2CCCC23CCCN(C2CCC(O)CC2)C3=O)c1. The van der Waals surface area contributed by atoms with Crippen molar-refractivity contribution >= 4 is 11.8 Å². The second kappa shape index (κ2) is 8.96. The summed E-state index contributed by atoms with van der Waals surface area (Å²) in [6.07, 6.45) is 7.52. The Balaban J connectivity index is 1.44. The smallest absolute Gasteiger partial charge is 0.248 e. The second-order valence-corrected chi connectivity index (χ2v) is 9.10. The van der Waals surface area contributed by atoms with Crippen LogP contribution in [0.25, 0.3) is 0 Å². The lowest BCUT2D eigenvalue weighted by atomic mass is 9.82. The molecule has 6 heteroatoms. The Hall–Kier alpha value is -2.08. The summed E-state index contributed by atoms with van der Waals surface area (Å²) < 4.78 is 5.28. The first-order chi connectivity index (χ1) is 14.5. The molecule has 1 N–H and O–H groups in total. The zero-order valence-electron chi connectivity index (χ0n) is 18.0. The molecule has 3 aliphatic rings. The minimum Gasteiger partial charge on any atom is -0.497 e. The Kier molecular flexibility index (Phi) is 6.32. The topological polar surface area (TPSA) is 70.1 Å². The van der Waals surface area contributed by atoms with E-state index in [0.717, 1.165) is 69.2 Å². The Morgan fingerprint density at radius 1 is 1.17 bits per heavy atom. The molecule has 0 bridgehead atoms. The average molecular weight is 415 g/mol. The molecular weight excluding hydrogens is 380 g/mol. The summed E-state index contributed by atoms with van der Waals surface area (Å²) in [6.45, 7) is 1.47. The Labute approximate surface area is 179 Å². The van der Waals surface area contributed by atoms with Crippen molar-refractivity contribution < 1.29 is 19.4 Å². The number of benzene rings is 1. The first-order valence-electron chi connectivity index (χ1n) is 11.5. The molecule has 0 radical (unpaired) electrons. The Morgan fingerprint density at radius 2 is 1.90 bits per heavy atom. The largest absolute Gasteiger partial charge is 0.497 e. The predicted molar refractivity (Wildman–Crippen MR) is 114 cm³/mol. The molecule has 30 heavy (non-hydrogen) atoms. The van der Waals surface area contributed by atoms with Crippen LogP contribution in [0.5, 0.6) is 5.75 Å². The van der Waals surface area contributed by atoms with Crippen molar-refractivity contribution in [1.29, 1.82) is 0 Å². The van der Waals surface area contributed by atoms with Crippen LogP contribution < -0.4 is 4.74 Å². The molecule has 1 unspecified atom stereocenters. The fourth-order valence-corrected chi connectivity index (χ4v) is 5.67. The van der Waals surface area contributed by atoms with E-state index < -0.39 is 5.54 Å². The summed E-state index contributed by atoms with van der Waals surface area (Å²) in [5.41, 5.74) is 0.438. The zero-order chi connectivity index (χ0) is 21.1. The van der Waals surface area contributed by atoms with Gasteiger partial charge in [-0.1, -0.05) is 12.1 Å². The predicted octanol–water partition coefficient (Wildman–Crippen LogP) is 2.91. The molecule has 2 saturated heterocycles. The number of likely N-dealkylation sites (tertiary alicyclic amines) is 2. The van der Waals surface area contributed by atoms with Gasteiger partial charge < -0.3 is 19.6 Å². The maximum absolute atomic E-state index is 13.7. The van der Waals surface area contributed by atoms with E-state index in [0.29, 0.717) is 19.4 Å². The number of aryl methyl sites for hydroxylation is 1. The number of hydrogen-bond acceptors (Lipinski definition) is 4. The summed E-state index contributed by atoms with van der Waals surface area (Å²) >= 11 is 0. The van der Waals surface area contributed by atoms with Crippen molar-refractivity contribution in [2.24, 2.45) is 0 Å². The van der Waals surface area contributed by atoms with Crippen molar-refractivity contribution in [3.05, 3.63) is 29.8 Å². The number of hydrogen-bond donors (Lipinski definition) is 1. The van der Waals surface area contributed by atoms with Gasteiger partial charge >= 0.3 is 0 Å². The number of aliphatic hydroxyl groups is 1. The molecule has 1 aliphatic carbocycles. The molecule has 2 aliphatic heterocycles. The van der Waals surface area contributed by atoms with E-state index in [1.807, 2.05) is 34.1 Å². The summed E-state index contributed by atoms with van der Waals surface area (Å²) in [5.74, 6) is 1.04. The maximum Gasteiger partial charge on any atom is 0.248 e. The van der Waals surface area contributed by atoms with Crippen molar-refractivity contribution in [1.82, 2.24) is 9.80 Å². The molecule has 2 amide bonds. The van der Waals surface area contributed by atoms with Crippen LogP contribution in [0.15, 0.2) is 24.3 Å². The van der Waals surface area contributed by atoms with Gasteiger partial charge in [-0.25, -0.2) is 0 Å². The molecule has 4 rings (SSSR count). The highest BCUT2D eigenvalue weighted by Gasteiger charge is 2.53. The van der Waals surface area contributed by atoms with Crippen LogP contribution in [0.3, 0.4) is 0 Å². The van der Waals surface area contributed by atoms with Crippen molar-refractivity contribution in [2.75, 3.05) is 20.2 Å². The summed E-state index contributed by atoms with van der Waals surface area (Å²) in [7, 11) is 1.64. The lowest BCUT2D eigenvalue weighted by Crippen LogP contribution is -2.63. The van der Waals surface area contributed by atoms with Crippen LogP contribution in [0.2, 0.25) is 0 Å². The van der Waals surface area contributed by atoms with E-state index in [2.05, 4.69) is 0 Å². The minimum atomic E-state index is -0.639. The molecule has 6 nitrogen and oxygen atoms in total. The van der Waals surface area contributed by atoms with Gasteiger partial charge in [0.05, 0.1) is 13.2 Å². The maximum atomic E-state index is 13.7.